The summed E-state index contributed by atoms with van der Waals surface area (Å²) in [5.74, 6) is -0.714. The molecule has 0 bridgehead atoms. The predicted octanol–water partition coefficient (Wildman–Crippen LogP) is 2.29. The highest BCUT2D eigenvalue weighted by Gasteiger charge is 2.21. The molecule has 6 heteroatoms. The Hall–Kier alpha value is -2.76. The lowest BCUT2D eigenvalue weighted by Crippen LogP contribution is -2.33. The number of nitrogens with zero attached hydrogens (tertiary/aromatic N) is 1. The number of rotatable bonds is 5. The van der Waals surface area contributed by atoms with E-state index in [1.165, 1.54) is 11.2 Å². The molecule has 1 amide bonds. The summed E-state index contributed by atoms with van der Waals surface area (Å²) < 4.78 is 5.13. The summed E-state index contributed by atoms with van der Waals surface area (Å²) in [7, 11) is 0. The van der Waals surface area contributed by atoms with E-state index < -0.39 is 5.97 Å². The van der Waals surface area contributed by atoms with Crippen molar-refractivity contribution in [1.29, 1.82) is 0 Å². The van der Waals surface area contributed by atoms with Crippen LogP contribution in [0.4, 0.5) is 11.4 Å². The topological polar surface area (TPSA) is 96.8 Å². The number of aliphatic carboxylic acids is 1. The number of benzene rings is 1. The number of nitrogen functional groups attached to an aromatic ring is 1. The number of anilines is 2. The van der Waals surface area contributed by atoms with Crippen LogP contribution in [0, 0.1) is 6.92 Å². The van der Waals surface area contributed by atoms with E-state index in [1.807, 2.05) is 0 Å². The number of furan rings is 1. The molecular formula is C15H16N2O4. The van der Waals surface area contributed by atoms with Crippen molar-refractivity contribution < 1.29 is 19.1 Å². The number of carbonyl (C=O) groups excluding carboxylic acids is 1. The van der Waals surface area contributed by atoms with Crippen molar-refractivity contribution in [3.05, 3.63) is 47.9 Å². The fraction of sp³-hybridized carbons (Fsp3) is 0.200. The molecule has 2 rings (SSSR count). The van der Waals surface area contributed by atoms with Crippen LogP contribution < -0.4 is 10.6 Å². The first kappa shape index (κ1) is 14.6. The van der Waals surface area contributed by atoms with Crippen molar-refractivity contribution in [2.75, 3.05) is 17.2 Å². The normalized spacial score (nSPS) is 10.3. The lowest BCUT2D eigenvalue weighted by molar-refractivity contribution is -0.136. The van der Waals surface area contributed by atoms with E-state index in [0.717, 1.165) is 0 Å². The minimum Gasteiger partial charge on any atom is -0.481 e. The Balaban J connectivity index is 2.34. The third-order valence-electron chi connectivity index (χ3n) is 3.00. The molecule has 21 heavy (non-hydrogen) atoms. The summed E-state index contributed by atoms with van der Waals surface area (Å²) in [5.41, 5.74) is 7.15. The monoisotopic (exact) mass is 288 g/mol. The van der Waals surface area contributed by atoms with Crippen LogP contribution >= 0.6 is 0 Å². The molecule has 0 atom stereocenters. The molecule has 0 unspecified atom stereocenters. The van der Waals surface area contributed by atoms with Crippen molar-refractivity contribution in [3.63, 3.8) is 0 Å². The molecule has 0 aliphatic carbocycles. The molecule has 0 saturated carbocycles. The molecule has 0 aliphatic rings. The van der Waals surface area contributed by atoms with E-state index in [4.69, 9.17) is 15.3 Å². The molecule has 0 spiro atoms. The van der Waals surface area contributed by atoms with Crippen LogP contribution in [0.15, 0.2) is 41.0 Å². The fourth-order valence-electron chi connectivity index (χ4n) is 1.98. The Kier molecular flexibility index (Phi) is 4.27. The van der Waals surface area contributed by atoms with Gasteiger partial charge in [0.25, 0.3) is 5.91 Å². The van der Waals surface area contributed by atoms with Crippen LogP contribution in [0.2, 0.25) is 0 Å². The zero-order valence-electron chi connectivity index (χ0n) is 11.6. The minimum atomic E-state index is -0.981. The molecule has 0 saturated heterocycles. The average Bonchev–Trinajstić information content (AvgIpc) is 2.87. The number of hydrogen-bond donors (Lipinski definition) is 2. The molecule has 1 heterocycles. The van der Waals surface area contributed by atoms with E-state index >= 15 is 0 Å². The smallest absolute Gasteiger partial charge is 0.305 e. The molecule has 1 aromatic heterocycles. The fourth-order valence-corrected chi connectivity index (χ4v) is 1.98. The van der Waals surface area contributed by atoms with Gasteiger partial charge in [-0.05, 0) is 25.1 Å². The molecule has 6 nitrogen and oxygen atoms in total. The number of carbonyl (C=O) groups is 2. The van der Waals surface area contributed by atoms with E-state index in [-0.39, 0.29) is 18.9 Å². The van der Waals surface area contributed by atoms with Crippen molar-refractivity contribution >= 4 is 23.3 Å². The average molecular weight is 288 g/mol. The van der Waals surface area contributed by atoms with E-state index in [2.05, 4.69) is 0 Å². The van der Waals surface area contributed by atoms with Gasteiger partial charge in [0.05, 0.1) is 23.4 Å². The summed E-state index contributed by atoms with van der Waals surface area (Å²) in [4.78, 5) is 24.7. The molecule has 0 aliphatic heterocycles. The van der Waals surface area contributed by atoms with Crippen LogP contribution in [-0.2, 0) is 4.79 Å². The maximum absolute atomic E-state index is 12.5. The van der Waals surface area contributed by atoms with Crippen molar-refractivity contribution in [2.24, 2.45) is 0 Å². The number of nitrogens with two attached hydrogens (primary N) is 1. The standard InChI is InChI=1S/C15H16N2O4/c1-10-8-11(9-21-10)15(20)17(7-6-14(18)19)13-5-3-2-4-12(13)16/h2-5,8-9H,6-7,16H2,1H3,(H,18,19). The second-order valence-electron chi connectivity index (χ2n) is 4.61. The molecule has 0 fully saturated rings. The Morgan fingerprint density at radius 1 is 1.33 bits per heavy atom. The van der Waals surface area contributed by atoms with Crippen molar-refractivity contribution in [1.82, 2.24) is 0 Å². The van der Waals surface area contributed by atoms with Crippen molar-refractivity contribution in [3.8, 4) is 0 Å². The SMILES string of the molecule is Cc1cc(C(=O)N(CCC(=O)O)c2ccccc2N)co1. The van der Waals surface area contributed by atoms with Gasteiger partial charge in [-0.1, -0.05) is 12.1 Å². The Morgan fingerprint density at radius 3 is 2.62 bits per heavy atom. The lowest BCUT2D eigenvalue weighted by Gasteiger charge is -2.23. The van der Waals surface area contributed by atoms with E-state index in [0.29, 0.717) is 22.7 Å². The van der Waals surface area contributed by atoms with Gasteiger partial charge in [-0.3, -0.25) is 9.59 Å². The Morgan fingerprint density at radius 2 is 2.05 bits per heavy atom. The van der Waals surface area contributed by atoms with E-state index in [1.54, 1.807) is 37.3 Å². The largest absolute Gasteiger partial charge is 0.481 e. The highest BCUT2D eigenvalue weighted by atomic mass is 16.4. The second kappa shape index (κ2) is 6.13. The van der Waals surface area contributed by atoms with Crippen molar-refractivity contribution in [2.45, 2.75) is 13.3 Å². The lowest BCUT2D eigenvalue weighted by atomic mass is 10.2. The summed E-state index contributed by atoms with van der Waals surface area (Å²) in [5, 5.41) is 8.85. The molecule has 110 valence electrons. The van der Waals surface area contributed by atoms with Crippen LogP contribution in [-0.4, -0.2) is 23.5 Å². The first-order valence-corrected chi connectivity index (χ1v) is 6.42. The summed E-state index contributed by atoms with van der Waals surface area (Å²) in [6.45, 7) is 1.77. The second-order valence-corrected chi connectivity index (χ2v) is 4.61. The molecule has 3 N–H and O–H groups in total. The van der Waals surface area contributed by atoms with Crippen LogP contribution in [0.5, 0.6) is 0 Å². The predicted molar refractivity (Wildman–Crippen MR) is 78.2 cm³/mol. The zero-order chi connectivity index (χ0) is 15.4. The third kappa shape index (κ3) is 3.42. The summed E-state index contributed by atoms with van der Waals surface area (Å²) in [6.07, 6.45) is 1.18. The van der Waals surface area contributed by atoms with Gasteiger partial charge in [0.2, 0.25) is 0 Å². The first-order chi connectivity index (χ1) is 9.99. The number of carboxylic acid groups (broad SMARTS) is 1. The Bertz CT molecular complexity index is 663. The number of amides is 1. The maximum Gasteiger partial charge on any atom is 0.305 e. The highest BCUT2D eigenvalue weighted by Crippen LogP contribution is 2.25. The zero-order valence-corrected chi connectivity index (χ0v) is 11.6. The quantitative estimate of drug-likeness (QED) is 0.823. The number of aryl methyl sites for hydroxylation is 1. The van der Waals surface area contributed by atoms with Crippen LogP contribution in [0.25, 0.3) is 0 Å². The number of hydrogen-bond acceptors (Lipinski definition) is 4. The van der Waals surface area contributed by atoms with Gasteiger partial charge in [0, 0.05) is 6.54 Å². The van der Waals surface area contributed by atoms with Gasteiger partial charge in [-0.2, -0.15) is 0 Å². The molecule has 1 aromatic carbocycles. The summed E-state index contributed by atoms with van der Waals surface area (Å²) >= 11 is 0. The Labute approximate surface area is 121 Å². The molecule has 2 aromatic rings. The number of para-hydroxylation sites is 2. The van der Waals surface area contributed by atoms with Gasteiger partial charge in [-0.15, -0.1) is 0 Å². The van der Waals surface area contributed by atoms with Gasteiger partial charge >= 0.3 is 5.97 Å². The van der Waals surface area contributed by atoms with Gasteiger partial charge < -0.3 is 20.2 Å². The third-order valence-corrected chi connectivity index (χ3v) is 3.00. The maximum atomic E-state index is 12.5. The van der Waals surface area contributed by atoms with Gasteiger partial charge in [0.15, 0.2) is 0 Å². The van der Waals surface area contributed by atoms with Crippen LogP contribution in [0.1, 0.15) is 22.5 Å². The molecule has 0 radical (unpaired) electrons. The van der Waals surface area contributed by atoms with E-state index in [9.17, 15) is 9.59 Å². The first-order valence-electron chi connectivity index (χ1n) is 6.42. The van der Waals surface area contributed by atoms with Gasteiger partial charge in [0.1, 0.15) is 12.0 Å². The van der Waals surface area contributed by atoms with Gasteiger partial charge in [-0.25, -0.2) is 0 Å². The number of carboxylic acids is 1. The summed E-state index contributed by atoms with van der Waals surface area (Å²) in [6, 6.07) is 8.45. The molecular weight excluding hydrogens is 272 g/mol. The minimum absolute atomic E-state index is 0.0343. The van der Waals surface area contributed by atoms with Crippen LogP contribution in [0.3, 0.4) is 0 Å². The highest BCUT2D eigenvalue weighted by molar-refractivity contribution is 6.07.